The Morgan fingerprint density at radius 1 is 1.06 bits per heavy atom. The Bertz CT molecular complexity index is 955. The molecule has 0 bridgehead atoms. The van der Waals surface area contributed by atoms with Crippen molar-refractivity contribution < 1.29 is 49.8 Å². The summed E-state index contributed by atoms with van der Waals surface area (Å²) >= 11 is 0. The molecular formula is C22H30NO9+. The van der Waals surface area contributed by atoms with Crippen molar-refractivity contribution in [2.75, 3.05) is 27.7 Å². The van der Waals surface area contributed by atoms with Crippen LogP contribution in [0, 0.1) is 0 Å². The fraction of sp³-hybridized carbons (Fsp3) is 0.409. The fourth-order valence-electron chi connectivity index (χ4n) is 3.36. The summed E-state index contributed by atoms with van der Waals surface area (Å²) in [6.45, 7) is 0.465. The second-order valence-corrected chi connectivity index (χ2v) is 8.72. The average molecular weight is 452 g/mol. The van der Waals surface area contributed by atoms with Gasteiger partial charge < -0.3 is 45.0 Å². The highest BCUT2D eigenvalue weighted by Gasteiger charge is 2.32. The van der Waals surface area contributed by atoms with Crippen LogP contribution in [0.5, 0.6) is 28.7 Å². The largest absolute Gasteiger partial charge is 0.508 e. The van der Waals surface area contributed by atoms with Gasteiger partial charge in [-0.2, -0.15) is 0 Å². The first-order chi connectivity index (χ1) is 14.8. The number of hydrogen-bond acceptors (Lipinski definition) is 8. The fourth-order valence-corrected chi connectivity index (χ4v) is 3.36. The van der Waals surface area contributed by atoms with Crippen LogP contribution in [0.2, 0.25) is 0 Å². The van der Waals surface area contributed by atoms with Crippen LogP contribution in [-0.4, -0.2) is 86.1 Å². The number of ether oxygens (including phenoxy) is 1. The third-order valence-corrected chi connectivity index (χ3v) is 4.68. The maximum absolute atomic E-state index is 10.2. The lowest BCUT2D eigenvalue weighted by atomic mass is 9.94. The van der Waals surface area contributed by atoms with E-state index in [4.69, 9.17) is 14.9 Å². The van der Waals surface area contributed by atoms with E-state index >= 15 is 0 Å². The van der Waals surface area contributed by atoms with Crippen LogP contribution in [0.1, 0.15) is 23.7 Å². The minimum atomic E-state index is -0.953. The number of carboxylic acids is 1. The first-order valence-corrected chi connectivity index (χ1v) is 9.88. The first-order valence-electron chi connectivity index (χ1n) is 9.88. The van der Waals surface area contributed by atoms with Crippen LogP contribution in [-0.2, 0) is 11.2 Å². The van der Waals surface area contributed by atoms with Crippen molar-refractivity contribution in [2.45, 2.75) is 31.2 Å². The molecule has 10 heteroatoms. The molecule has 0 fully saturated rings. The molecule has 176 valence electrons. The lowest BCUT2D eigenvalue weighted by Gasteiger charge is -2.31. The molecule has 2 aromatic carbocycles. The van der Waals surface area contributed by atoms with Crippen LogP contribution in [0.25, 0.3) is 0 Å². The SMILES string of the molecule is C[N+](C)(C)C[C@H](O)CC(=O)O.Oc1cc(O)c2c(c1)O[C@H](c1ccc(O)c(O)c1)[C@@H](O)C2. The molecule has 0 amide bonds. The highest BCUT2D eigenvalue weighted by molar-refractivity contribution is 5.67. The lowest BCUT2D eigenvalue weighted by Crippen LogP contribution is -2.42. The molecular weight excluding hydrogens is 422 g/mol. The van der Waals surface area contributed by atoms with Crippen LogP contribution < -0.4 is 4.74 Å². The summed E-state index contributed by atoms with van der Waals surface area (Å²) in [5, 5.41) is 65.8. The number of benzene rings is 2. The van der Waals surface area contributed by atoms with Gasteiger partial charge in [0, 0.05) is 24.1 Å². The van der Waals surface area contributed by atoms with Crippen molar-refractivity contribution in [3.63, 3.8) is 0 Å². The van der Waals surface area contributed by atoms with Gasteiger partial charge in [0.25, 0.3) is 0 Å². The zero-order valence-electron chi connectivity index (χ0n) is 18.1. The molecule has 0 aliphatic carbocycles. The van der Waals surface area contributed by atoms with Crippen molar-refractivity contribution in [3.8, 4) is 28.7 Å². The van der Waals surface area contributed by atoms with Gasteiger partial charge in [0.05, 0.1) is 33.7 Å². The number of phenolic OH excluding ortho intramolecular Hbond substituents is 4. The molecule has 0 radical (unpaired) electrons. The van der Waals surface area contributed by atoms with Gasteiger partial charge in [-0.3, -0.25) is 4.79 Å². The third-order valence-electron chi connectivity index (χ3n) is 4.68. The summed E-state index contributed by atoms with van der Waals surface area (Å²) in [6.07, 6.45) is -2.47. The van der Waals surface area contributed by atoms with Gasteiger partial charge in [0.1, 0.15) is 36.0 Å². The number of aliphatic hydroxyl groups is 2. The molecule has 2 aromatic rings. The van der Waals surface area contributed by atoms with Crippen LogP contribution in [0.3, 0.4) is 0 Å². The molecule has 0 aromatic heterocycles. The summed E-state index contributed by atoms with van der Waals surface area (Å²) < 4.78 is 6.20. The minimum Gasteiger partial charge on any atom is -0.508 e. The molecule has 0 unspecified atom stereocenters. The Morgan fingerprint density at radius 3 is 2.28 bits per heavy atom. The highest BCUT2D eigenvalue weighted by Crippen LogP contribution is 2.42. The number of phenols is 4. The summed E-state index contributed by atoms with van der Waals surface area (Å²) in [6, 6.07) is 6.67. The van der Waals surface area contributed by atoms with Gasteiger partial charge in [-0.05, 0) is 17.7 Å². The number of aromatic hydroxyl groups is 4. The number of rotatable bonds is 5. The molecule has 1 aliphatic heterocycles. The number of quaternary nitrogens is 1. The zero-order chi connectivity index (χ0) is 24.2. The summed E-state index contributed by atoms with van der Waals surface area (Å²) in [5.74, 6) is -1.54. The van der Waals surface area contributed by atoms with Crippen molar-refractivity contribution in [2.24, 2.45) is 0 Å². The monoisotopic (exact) mass is 452 g/mol. The summed E-state index contributed by atoms with van der Waals surface area (Å²) in [4.78, 5) is 10.1. The number of aliphatic carboxylic acids is 1. The average Bonchev–Trinajstić information content (AvgIpc) is 2.62. The Morgan fingerprint density at radius 2 is 1.72 bits per heavy atom. The Kier molecular flexibility index (Phi) is 7.78. The maximum Gasteiger partial charge on any atom is 0.306 e. The van der Waals surface area contributed by atoms with E-state index in [1.807, 2.05) is 21.1 Å². The lowest BCUT2D eigenvalue weighted by molar-refractivity contribution is -0.873. The number of carboxylic acid groups (broad SMARTS) is 1. The van der Waals surface area contributed by atoms with Gasteiger partial charge >= 0.3 is 5.97 Å². The Labute approximate surface area is 185 Å². The number of hydrogen-bond donors (Lipinski definition) is 7. The predicted molar refractivity (Wildman–Crippen MR) is 114 cm³/mol. The van der Waals surface area contributed by atoms with Crippen molar-refractivity contribution in [3.05, 3.63) is 41.5 Å². The molecule has 1 aliphatic rings. The predicted octanol–water partition coefficient (Wildman–Crippen LogP) is 1.07. The van der Waals surface area contributed by atoms with Gasteiger partial charge in [-0.25, -0.2) is 0 Å². The molecule has 3 rings (SSSR count). The van der Waals surface area contributed by atoms with E-state index in [9.17, 15) is 30.3 Å². The van der Waals surface area contributed by atoms with E-state index in [1.165, 1.54) is 30.3 Å². The van der Waals surface area contributed by atoms with Crippen molar-refractivity contribution >= 4 is 5.97 Å². The quantitative estimate of drug-likeness (QED) is 0.259. The minimum absolute atomic E-state index is 0.143. The molecule has 7 N–H and O–H groups in total. The van der Waals surface area contributed by atoms with Crippen LogP contribution in [0.15, 0.2) is 30.3 Å². The van der Waals surface area contributed by atoms with Crippen LogP contribution in [0.4, 0.5) is 0 Å². The summed E-state index contributed by atoms with van der Waals surface area (Å²) in [7, 11) is 5.72. The van der Waals surface area contributed by atoms with Gasteiger partial charge in [0.15, 0.2) is 11.5 Å². The first kappa shape index (κ1) is 25.1. The molecule has 3 atom stereocenters. The molecule has 1 heterocycles. The molecule has 10 nitrogen and oxygen atoms in total. The smallest absolute Gasteiger partial charge is 0.306 e. The number of likely N-dealkylation sites (N-methyl/N-ethyl adjacent to an activating group) is 1. The van der Waals surface area contributed by atoms with E-state index in [-0.39, 0.29) is 41.6 Å². The number of nitrogens with zero attached hydrogens (tertiary/aromatic N) is 1. The molecule has 32 heavy (non-hydrogen) atoms. The van der Waals surface area contributed by atoms with E-state index < -0.39 is 24.3 Å². The molecule has 0 saturated heterocycles. The van der Waals surface area contributed by atoms with E-state index in [0.29, 0.717) is 22.2 Å². The molecule has 0 saturated carbocycles. The normalized spacial score (nSPS) is 18.5. The zero-order valence-corrected chi connectivity index (χ0v) is 18.1. The number of fused-ring (bicyclic) bond motifs is 1. The number of carbonyl (C=O) groups is 1. The third kappa shape index (κ3) is 6.91. The standard InChI is InChI=1S/C15H14O6.C7H15NO3/c16-8-4-11(18)9-6-13(20)15(21-14(9)5-8)7-1-2-10(17)12(19)3-7;1-8(2,3)5-6(9)4-7(10)11/h1-5,13,15-20H,6H2;6,9H,4-5H2,1-3H3/p+1/t13-,15+;6-/m01/s1. The van der Waals surface area contributed by atoms with Gasteiger partial charge in [-0.15, -0.1) is 0 Å². The second kappa shape index (κ2) is 9.94. The van der Waals surface area contributed by atoms with Crippen LogP contribution >= 0.6 is 0 Å². The maximum atomic E-state index is 10.2. The Hall–Kier alpha value is -3.21. The van der Waals surface area contributed by atoms with E-state index in [0.717, 1.165) is 0 Å². The molecule has 0 spiro atoms. The Balaban J connectivity index is 0.000000282. The van der Waals surface area contributed by atoms with E-state index in [2.05, 4.69) is 0 Å². The van der Waals surface area contributed by atoms with Crippen molar-refractivity contribution in [1.82, 2.24) is 0 Å². The topological polar surface area (TPSA) is 168 Å². The highest BCUT2D eigenvalue weighted by atomic mass is 16.5. The number of aliphatic hydroxyl groups excluding tert-OH is 2. The second-order valence-electron chi connectivity index (χ2n) is 8.72. The van der Waals surface area contributed by atoms with E-state index in [1.54, 1.807) is 0 Å². The van der Waals surface area contributed by atoms with Gasteiger partial charge in [-0.1, -0.05) is 6.07 Å². The van der Waals surface area contributed by atoms with Gasteiger partial charge in [0.2, 0.25) is 0 Å². The van der Waals surface area contributed by atoms with Crippen molar-refractivity contribution in [1.29, 1.82) is 0 Å². The summed E-state index contributed by atoms with van der Waals surface area (Å²) in [5.41, 5.74) is 0.894.